The minimum Gasteiger partial charge on any atom is -0.486 e. The predicted octanol–water partition coefficient (Wildman–Crippen LogP) is 1.32. The number of aromatic nitrogens is 3. The van der Waals surface area contributed by atoms with Crippen LogP contribution in [0.15, 0.2) is 41.5 Å². The van der Waals surface area contributed by atoms with Gasteiger partial charge in [-0.3, -0.25) is 19.7 Å². The van der Waals surface area contributed by atoms with Crippen molar-refractivity contribution in [3.05, 3.63) is 58.5 Å². The van der Waals surface area contributed by atoms with Crippen molar-refractivity contribution >= 4 is 11.0 Å². The molecule has 34 heavy (non-hydrogen) atoms. The zero-order valence-corrected chi connectivity index (χ0v) is 18.8. The van der Waals surface area contributed by atoms with Gasteiger partial charge >= 0.3 is 0 Å². The van der Waals surface area contributed by atoms with Gasteiger partial charge in [-0.15, -0.1) is 0 Å². The van der Waals surface area contributed by atoms with Crippen LogP contribution in [0.3, 0.4) is 0 Å². The monoisotopic (exact) mass is 469 g/mol. The van der Waals surface area contributed by atoms with E-state index in [0.29, 0.717) is 49.6 Å². The van der Waals surface area contributed by atoms with Crippen molar-refractivity contribution in [3.8, 4) is 11.5 Å². The third-order valence-electron chi connectivity index (χ3n) is 6.52. The lowest BCUT2D eigenvalue weighted by Crippen LogP contribution is -2.51. The van der Waals surface area contributed by atoms with Crippen LogP contribution < -0.4 is 20.3 Å². The Morgan fingerprint density at radius 3 is 2.82 bits per heavy atom. The fourth-order valence-electron chi connectivity index (χ4n) is 4.71. The normalized spacial score (nSPS) is 20.5. The van der Waals surface area contributed by atoms with Gasteiger partial charge in [-0.1, -0.05) is 0 Å². The second-order valence-electron chi connectivity index (χ2n) is 8.67. The van der Waals surface area contributed by atoms with Gasteiger partial charge in [0.2, 0.25) is 0 Å². The zero-order chi connectivity index (χ0) is 23.5. The maximum absolute atomic E-state index is 13.7. The van der Waals surface area contributed by atoms with E-state index >= 15 is 0 Å². The summed E-state index contributed by atoms with van der Waals surface area (Å²) >= 11 is 0. The molecule has 3 aromatic rings. The number of hydrogen-bond acceptors (Lipinski definition) is 8. The number of likely N-dealkylation sites (tertiary alicyclic amines) is 1. The van der Waals surface area contributed by atoms with Crippen LogP contribution in [0, 0.1) is 5.82 Å². The molecule has 2 aliphatic heterocycles. The van der Waals surface area contributed by atoms with Gasteiger partial charge in [0, 0.05) is 56.5 Å². The number of halogens is 1. The van der Waals surface area contributed by atoms with Gasteiger partial charge in [0.1, 0.15) is 19.0 Å². The molecule has 5 heterocycles. The van der Waals surface area contributed by atoms with Crippen LogP contribution in [0.2, 0.25) is 0 Å². The Labute approximate surface area is 196 Å². The number of hydrogen-bond donors (Lipinski definition) is 2. The van der Waals surface area contributed by atoms with E-state index in [2.05, 4.69) is 20.2 Å². The van der Waals surface area contributed by atoms with Gasteiger partial charge in [0.15, 0.2) is 11.5 Å². The highest BCUT2D eigenvalue weighted by molar-refractivity contribution is 5.74. The predicted molar refractivity (Wildman–Crippen MR) is 123 cm³/mol. The summed E-state index contributed by atoms with van der Waals surface area (Å²) in [6.45, 7) is 3.47. The fourth-order valence-corrected chi connectivity index (χ4v) is 4.71. The van der Waals surface area contributed by atoms with E-state index in [-0.39, 0.29) is 24.2 Å². The van der Waals surface area contributed by atoms with E-state index in [1.54, 1.807) is 16.8 Å². The van der Waals surface area contributed by atoms with Crippen LogP contribution in [-0.4, -0.2) is 69.5 Å². The zero-order valence-electron chi connectivity index (χ0n) is 18.8. The molecular formula is C24H28FN5O4. The molecule has 2 N–H and O–H groups in total. The highest BCUT2D eigenvalue weighted by Crippen LogP contribution is 2.29. The third kappa shape index (κ3) is 4.89. The molecule has 1 fully saturated rings. The number of piperidine rings is 1. The number of nitrogens with zero attached hydrogens (tertiary/aromatic N) is 4. The topological polar surface area (TPSA) is 102 Å². The summed E-state index contributed by atoms with van der Waals surface area (Å²) < 4.78 is 26.4. The molecule has 0 aliphatic carbocycles. The standard InChI is InChI=1S/C24H28FN5O4/c25-16-9-21-20(28-12-16)1-2-24(32)30(21)6-5-29-4-3-17(10-19(29)15-31)26-13-18-11-22-23(14-27-18)34-8-7-33-22/h1-2,9,11-12,14,17,19,26,31H,3-8,10,13,15H2/t17-,19+/m0/s1. The Morgan fingerprint density at radius 2 is 1.97 bits per heavy atom. The molecule has 0 unspecified atom stereocenters. The van der Waals surface area contributed by atoms with Crippen molar-refractivity contribution < 1.29 is 19.0 Å². The summed E-state index contributed by atoms with van der Waals surface area (Å²) in [6.07, 6.45) is 4.53. The Bertz CT molecular complexity index is 1220. The number of aliphatic hydroxyl groups excluding tert-OH is 1. The van der Waals surface area contributed by atoms with Gasteiger partial charge in [-0.2, -0.15) is 0 Å². The average molecular weight is 470 g/mol. The number of aliphatic hydroxyl groups is 1. The van der Waals surface area contributed by atoms with Crippen LogP contribution in [0.1, 0.15) is 18.5 Å². The van der Waals surface area contributed by atoms with E-state index in [9.17, 15) is 14.3 Å². The smallest absolute Gasteiger partial charge is 0.251 e. The minimum absolute atomic E-state index is 0.0278. The molecule has 2 atom stereocenters. The summed E-state index contributed by atoms with van der Waals surface area (Å²) in [6, 6.07) is 6.52. The first-order chi connectivity index (χ1) is 16.6. The van der Waals surface area contributed by atoms with Crippen molar-refractivity contribution in [3.63, 3.8) is 0 Å². The Hall–Kier alpha value is -3.08. The molecule has 2 aliphatic rings. The van der Waals surface area contributed by atoms with Crippen molar-refractivity contribution in [2.24, 2.45) is 0 Å². The van der Waals surface area contributed by atoms with Gasteiger partial charge in [-0.05, 0) is 18.9 Å². The number of pyridine rings is 3. The van der Waals surface area contributed by atoms with E-state index < -0.39 is 5.82 Å². The van der Waals surface area contributed by atoms with Crippen LogP contribution in [0.4, 0.5) is 4.39 Å². The van der Waals surface area contributed by atoms with E-state index in [4.69, 9.17) is 9.47 Å². The van der Waals surface area contributed by atoms with Gasteiger partial charge in [-0.25, -0.2) is 4.39 Å². The highest BCUT2D eigenvalue weighted by atomic mass is 19.1. The quantitative estimate of drug-likeness (QED) is 0.534. The van der Waals surface area contributed by atoms with Gasteiger partial charge < -0.3 is 24.5 Å². The molecule has 180 valence electrons. The number of fused-ring (bicyclic) bond motifs is 2. The molecule has 0 bridgehead atoms. The molecule has 5 rings (SSSR count). The van der Waals surface area contributed by atoms with Crippen molar-refractivity contribution in [1.29, 1.82) is 0 Å². The van der Waals surface area contributed by atoms with Gasteiger partial charge in [0.25, 0.3) is 5.56 Å². The van der Waals surface area contributed by atoms with E-state index in [1.165, 1.54) is 12.1 Å². The molecule has 3 aromatic heterocycles. The van der Waals surface area contributed by atoms with Crippen molar-refractivity contribution in [2.75, 3.05) is 32.9 Å². The van der Waals surface area contributed by atoms with Crippen LogP contribution >= 0.6 is 0 Å². The number of ether oxygens (including phenoxy) is 2. The molecule has 0 amide bonds. The third-order valence-corrected chi connectivity index (χ3v) is 6.52. The first-order valence-electron chi connectivity index (χ1n) is 11.6. The average Bonchev–Trinajstić information content (AvgIpc) is 2.87. The lowest BCUT2D eigenvalue weighted by molar-refractivity contribution is 0.0717. The van der Waals surface area contributed by atoms with Gasteiger partial charge in [0.05, 0.1) is 35.7 Å². The fraction of sp³-hybridized carbons (Fsp3) is 0.458. The maximum atomic E-state index is 13.7. The van der Waals surface area contributed by atoms with Crippen molar-refractivity contribution in [1.82, 2.24) is 24.8 Å². The molecule has 0 saturated carbocycles. The summed E-state index contributed by atoms with van der Waals surface area (Å²) in [4.78, 5) is 23.1. The van der Waals surface area contributed by atoms with E-state index in [1.807, 2.05) is 6.07 Å². The second kappa shape index (κ2) is 10.0. The second-order valence-corrected chi connectivity index (χ2v) is 8.67. The minimum atomic E-state index is -0.473. The number of rotatable bonds is 7. The Balaban J connectivity index is 1.19. The molecule has 9 nitrogen and oxygen atoms in total. The maximum Gasteiger partial charge on any atom is 0.251 e. The lowest BCUT2D eigenvalue weighted by Gasteiger charge is -2.39. The van der Waals surface area contributed by atoms with Crippen LogP contribution in [0.5, 0.6) is 11.5 Å². The largest absolute Gasteiger partial charge is 0.486 e. The first kappa shape index (κ1) is 22.7. The molecule has 0 aromatic carbocycles. The summed E-state index contributed by atoms with van der Waals surface area (Å²) in [7, 11) is 0. The molecular weight excluding hydrogens is 441 g/mol. The molecule has 10 heteroatoms. The first-order valence-corrected chi connectivity index (χ1v) is 11.6. The van der Waals surface area contributed by atoms with Crippen molar-refractivity contribution in [2.45, 2.75) is 38.0 Å². The van der Waals surface area contributed by atoms with Crippen LogP contribution in [-0.2, 0) is 13.1 Å². The SMILES string of the molecule is O=c1ccc2ncc(F)cc2n1CCN1CC[C@H](NCc2cc3c(cn2)OCCO3)C[C@@H]1CO. The lowest BCUT2D eigenvalue weighted by atomic mass is 9.97. The summed E-state index contributed by atoms with van der Waals surface area (Å²) in [5.41, 5.74) is 1.75. The number of nitrogens with one attached hydrogen (secondary N) is 1. The summed E-state index contributed by atoms with van der Waals surface area (Å²) in [5.74, 6) is 0.923. The Morgan fingerprint density at radius 1 is 1.12 bits per heavy atom. The van der Waals surface area contributed by atoms with Crippen LogP contribution in [0.25, 0.3) is 11.0 Å². The molecule has 0 radical (unpaired) electrons. The Kier molecular flexibility index (Phi) is 6.70. The molecule has 0 spiro atoms. The summed E-state index contributed by atoms with van der Waals surface area (Å²) in [5, 5.41) is 13.6. The highest BCUT2D eigenvalue weighted by Gasteiger charge is 2.28. The van der Waals surface area contributed by atoms with E-state index in [0.717, 1.165) is 37.0 Å². The molecule has 1 saturated heterocycles.